The number of urea groups is 1. The van der Waals surface area contributed by atoms with Crippen molar-refractivity contribution in [2.24, 2.45) is 9.98 Å². The van der Waals surface area contributed by atoms with E-state index in [0.29, 0.717) is 29.7 Å². The van der Waals surface area contributed by atoms with Crippen LogP contribution < -0.4 is 10.6 Å². The number of carbonyl (C=O) groups excluding carboxylic acids is 6. The predicted molar refractivity (Wildman–Crippen MR) is 178 cm³/mol. The summed E-state index contributed by atoms with van der Waals surface area (Å²) < 4.78 is 15.1. The number of ether oxygens (including phenoxy) is 3. The lowest BCUT2D eigenvalue weighted by molar-refractivity contribution is -0.138. The Morgan fingerprint density at radius 2 is 1.29 bits per heavy atom. The summed E-state index contributed by atoms with van der Waals surface area (Å²) in [5.41, 5.74) is 1.11. The molecule has 0 saturated heterocycles. The molecule has 256 valence electrons. The highest BCUT2D eigenvalue weighted by Gasteiger charge is 2.28. The maximum atomic E-state index is 13.2. The molecule has 2 aliphatic rings. The zero-order valence-electron chi connectivity index (χ0n) is 27.4. The van der Waals surface area contributed by atoms with E-state index in [1.165, 1.54) is 12.2 Å². The number of benzene rings is 1. The van der Waals surface area contributed by atoms with E-state index in [0.717, 1.165) is 0 Å². The molecule has 0 radical (unpaired) electrons. The first-order valence-corrected chi connectivity index (χ1v) is 15.8. The smallest absolute Gasteiger partial charge is 0.359 e. The number of aliphatic imine (C=N–C) groups is 2. The number of aromatic nitrogens is 2. The molecule has 2 aliphatic carbocycles. The summed E-state index contributed by atoms with van der Waals surface area (Å²) in [6.45, 7) is 5.30. The van der Waals surface area contributed by atoms with Crippen LogP contribution in [0, 0.1) is 0 Å². The lowest BCUT2D eigenvalue weighted by Gasteiger charge is -2.18. The summed E-state index contributed by atoms with van der Waals surface area (Å²) in [7, 11) is 0. The van der Waals surface area contributed by atoms with Gasteiger partial charge in [0, 0.05) is 30.7 Å². The van der Waals surface area contributed by atoms with Gasteiger partial charge in [-0.05, 0) is 58.6 Å². The van der Waals surface area contributed by atoms with Crippen molar-refractivity contribution in [1.29, 1.82) is 0 Å². The first kappa shape index (κ1) is 36.0. The molecule has 2 N–H and O–H groups in total. The van der Waals surface area contributed by atoms with Gasteiger partial charge in [-0.25, -0.2) is 34.1 Å². The number of carbonyl (C=O) groups is 6. The number of hydrogen-bond acceptors (Lipinski definition) is 13. The average molecular weight is 673 g/mol. The Labute approximate surface area is 281 Å². The van der Waals surface area contributed by atoms with Crippen molar-refractivity contribution in [2.75, 3.05) is 30.5 Å². The van der Waals surface area contributed by atoms with Gasteiger partial charge >= 0.3 is 23.9 Å². The molecule has 1 aromatic heterocycles. The van der Waals surface area contributed by atoms with Gasteiger partial charge in [-0.3, -0.25) is 9.59 Å². The third-order valence-corrected chi connectivity index (χ3v) is 7.09. The van der Waals surface area contributed by atoms with Crippen LogP contribution in [0.25, 0.3) is 0 Å². The molecule has 15 nitrogen and oxygen atoms in total. The molecule has 0 unspecified atom stereocenters. The number of rotatable bonds is 10. The van der Waals surface area contributed by atoms with E-state index in [2.05, 4.69) is 30.6 Å². The van der Waals surface area contributed by atoms with Gasteiger partial charge in [0.25, 0.3) is 5.95 Å². The van der Waals surface area contributed by atoms with Crippen LogP contribution >= 0.6 is 0 Å². The Kier molecular flexibility index (Phi) is 12.7. The monoisotopic (exact) mass is 672 g/mol. The molecule has 1 aromatic carbocycles. The van der Waals surface area contributed by atoms with Crippen LogP contribution in [0.1, 0.15) is 69.8 Å². The quantitative estimate of drug-likeness (QED) is 0.197. The minimum absolute atomic E-state index is 0.0334. The number of hydrogen-bond donors (Lipinski definition) is 2. The lowest BCUT2D eigenvalue weighted by atomic mass is 9.91. The minimum Gasteiger partial charge on any atom is -0.463 e. The van der Waals surface area contributed by atoms with Gasteiger partial charge in [0.05, 0.1) is 31.2 Å². The number of nitrogens with zero attached hydrogens (tertiary/aromatic N) is 4. The fourth-order valence-corrected chi connectivity index (χ4v) is 4.89. The second-order valence-electron chi connectivity index (χ2n) is 10.7. The van der Waals surface area contributed by atoms with Crippen LogP contribution in [0.4, 0.5) is 27.9 Å². The molecule has 2 saturated carbocycles. The summed E-state index contributed by atoms with van der Waals surface area (Å²) in [4.78, 5) is 93.7. The number of amides is 2. The van der Waals surface area contributed by atoms with E-state index in [4.69, 9.17) is 14.2 Å². The molecule has 0 spiro atoms. The molecule has 2 aromatic rings. The Morgan fingerprint density at radius 3 is 1.82 bits per heavy atom. The molecule has 1 heterocycles. The van der Waals surface area contributed by atoms with E-state index >= 15 is 0 Å². The highest BCUT2D eigenvalue weighted by Crippen LogP contribution is 2.32. The van der Waals surface area contributed by atoms with Crippen molar-refractivity contribution in [3.63, 3.8) is 0 Å². The van der Waals surface area contributed by atoms with Crippen molar-refractivity contribution in [3.05, 3.63) is 59.3 Å². The predicted octanol–water partition coefficient (Wildman–Crippen LogP) is 4.93. The van der Waals surface area contributed by atoms with Crippen LogP contribution in [0.3, 0.4) is 0 Å². The Hall–Kier alpha value is -5.86. The van der Waals surface area contributed by atoms with Gasteiger partial charge in [0.1, 0.15) is 5.69 Å². The molecular weight excluding hydrogens is 636 g/mol. The molecule has 2 fully saturated rings. The van der Waals surface area contributed by atoms with Gasteiger partial charge in [0.15, 0.2) is 23.1 Å². The van der Waals surface area contributed by atoms with Crippen molar-refractivity contribution >= 4 is 70.1 Å². The van der Waals surface area contributed by atoms with Gasteiger partial charge in [-0.2, -0.15) is 4.98 Å². The number of para-hydroxylation sites is 1. The number of anilines is 2. The second-order valence-corrected chi connectivity index (χ2v) is 10.7. The highest BCUT2D eigenvalue weighted by molar-refractivity contribution is 6.42. The normalized spacial score (nSPS) is 18.0. The van der Waals surface area contributed by atoms with Crippen LogP contribution in [0.5, 0.6) is 0 Å². The zero-order chi connectivity index (χ0) is 35.3. The number of Topliss-reactive ketones (excluding diaryl/α,β-unsaturated/α-hetero) is 2. The number of nitrogens with one attached hydrogen (secondary N) is 2. The first-order valence-electron chi connectivity index (χ1n) is 15.8. The molecule has 2 amide bonds. The lowest BCUT2D eigenvalue weighted by Crippen LogP contribution is -2.24. The Balaban J connectivity index is 1.75. The van der Waals surface area contributed by atoms with E-state index < -0.39 is 35.4 Å². The van der Waals surface area contributed by atoms with E-state index in [1.54, 1.807) is 51.1 Å². The molecule has 0 aliphatic heterocycles. The van der Waals surface area contributed by atoms with Crippen molar-refractivity contribution < 1.29 is 43.0 Å². The van der Waals surface area contributed by atoms with Crippen molar-refractivity contribution in [2.45, 2.75) is 59.3 Å². The third kappa shape index (κ3) is 10.3. The van der Waals surface area contributed by atoms with E-state index in [1.807, 2.05) is 0 Å². The van der Waals surface area contributed by atoms with E-state index in [-0.39, 0.29) is 80.2 Å². The molecule has 0 bridgehead atoms. The van der Waals surface area contributed by atoms with Gasteiger partial charge < -0.3 is 24.8 Å². The minimum atomic E-state index is -0.938. The molecule has 15 heteroatoms. The zero-order valence-corrected chi connectivity index (χ0v) is 27.4. The van der Waals surface area contributed by atoms with Crippen LogP contribution in [0.15, 0.2) is 63.6 Å². The average Bonchev–Trinajstić information content (AvgIpc) is 3.05. The summed E-state index contributed by atoms with van der Waals surface area (Å²) in [5, 5.41) is 5.20. The fourth-order valence-electron chi connectivity index (χ4n) is 4.89. The van der Waals surface area contributed by atoms with E-state index in [9.17, 15) is 28.8 Å². The SMILES string of the molecule is CCOC(=O)C=C1CCC(=Nc2nc(N=C3CCC(=CC(=O)OCC)CC3=O)c(NC(=O)Nc3ccccc3)c(C(=O)OCC)n2)C(=O)C1. The summed E-state index contributed by atoms with van der Waals surface area (Å²) >= 11 is 0. The van der Waals surface area contributed by atoms with Gasteiger partial charge in [-0.1, -0.05) is 29.3 Å². The summed E-state index contributed by atoms with van der Waals surface area (Å²) in [6.07, 6.45) is 3.34. The molecule has 49 heavy (non-hydrogen) atoms. The summed E-state index contributed by atoms with van der Waals surface area (Å²) in [6, 6.07) is 7.75. The molecular formula is C34H36N6O9. The maximum Gasteiger partial charge on any atom is 0.359 e. The van der Waals surface area contributed by atoms with Crippen molar-refractivity contribution in [1.82, 2.24) is 9.97 Å². The van der Waals surface area contributed by atoms with Crippen LogP contribution in [-0.2, 0) is 33.4 Å². The summed E-state index contributed by atoms with van der Waals surface area (Å²) in [5.74, 6) is -3.43. The van der Waals surface area contributed by atoms with Gasteiger partial charge in [0.2, 0.25) is 0 Å². The highest BCUT2D eigenvalue weighted by atomic mass is 16.5. The number of ketones is 2. The van der Waals surface area contributed by atoms with Gasteiger partial charge in [-0.15, -0.1) is 0 Å². The number of esters is 3. The first-order chi connectivity index (χ1) is 23.6. The topological polar surface area (TPSA) is 205 Å². The Morgan fingerprint density at radius 1 is 0.735 bits per heavy atom. The van der Waals surface area contributed by atoms with Crippen LogP contribution in [0.2, 0.25) is 0 Å². The number of allylic oxidation sites excluding steroid dienone is 2. The largest absolute Gasteiger partial charge is 0.463 e. The standard InChI is InChI=1S/C34H36N6O9/c1-4-47-27(43)18-20-12-14-23(25(41)16-20)36-31-29(39-34(46)35-22-10-8-7-9-11-22)30(32(45)49-6-3)38-33(40-31)37-24-15-13-21(17-26(24)42)19-28(44)48-5-2/h7-11,18-19H,4-6,12-17H2,1-3H3,(H2,35,39,46). The third-order valence-electron chi connectivity index (χ3n) is 7.09. The van der Waals surface area contributed by atoms with Crippen molar-refractivity contribution in [3.8, 4) is 0 Å². The Bertz CT molecular complexity index is 1760. The maximum absolute atomic E-state index is 13.2. The second kappa shape index (κ2) is 17.3. The molecule has 4 rings (SSSR count). The fraction of sp³-hybridized carbons (Fsp3) is 0.353. The molecule has 0 atom stereocenters. The van der Waals surface area contributed by atoms with Crippen LogP contribution in [-0.4, -0.2) is 76.7 Å².